The van der Waals surface area contributed by atoms with Gasteiger partial charge in [0, 0.05) is 11.5 Å². The first-order valence-corrected chi connectivity index (χ1v) is 19.1. The van der Waals surface area contributed by atoms with Crippen molar-refractivity contribution in [1.82, 2.24) is 0 Å². The summed E-state index contributed by atoms with van der Waals surface area (Å²) in [4.78, 5) is 60.5. The number of carbonyl (C=O) groups is 4. The van der Waals surface area contributed by atoms with E-state index in [9.17, 15) is 28.7 Å². The zero-order chi connectivity index (χ0) is 41.2. The zero-order valence-electron chi connectivity index (χ0n) is 32.3. The predicted octanol–water partition coefficient (Wildman–Crippen LogP) is 7.82. The number of rotatable bonds is 9. The second kappa shape index (κ2) is 14.7. The highest BCUT2D eigenvalue weighted by Crippen LogP contribution is 2.64. The second-order valence-corrected chi connectivity index (χ2v) is 15.5. The van der Waals surface area contributed by atoms with Crippen molar-refractivity contribution >= 4 is 58.8 Å². The summed E-state index contributed by atoms with van der Waals surface area (Å²) in [6.07, 6.45) is 6.03. The van der Waals surface area contributed by atoms with E-state index in [2.05, 4.69) is 0 Å². The predicted molar refractivity (Wildman–Crippen MR) is 215 cm³/mol. The number of benzene rings is 4. The first kappa shape index (κ1) is 38.7. The molecule has 0 unspecified atom stereocenters. The quantitative estimate of drug-likeness (QED) is 0.102. The van der Waals surface area contributed by atoms with Crippen molar-refractivity contribution in [2.45, 2.75) is 25.7 Å². The normalized spacial score (nSPS) is 25.1. The Bertz CT molecular complexity index is 2420. The van der Waals surface area contributed by atoms with Gasteiger partial charge in [-0.25, -0.2) is 9.29 Å². The molecule has 3 fully saturated rings. The van der Waals surface area contributed by atoms with E-state index in [-0.39, 0.29) is 46.7 Å². The van der Waals surface area contributed by atoms with Crippen LogP contribution in [-0.2, 0) is 19.2 Å². The summed E-state index contributed by atoms with van der Waals surface area (Å²) in [7, 11) is 5.95. The standard InChI is InChI=1S/C45H40ClFN2O9/c1-45-32(42(52)49(44(45)54)27-12-16-34(47)33(46)21-27)22-31-29(39(45)25-19-36(57-4)40(50)37(20-25)58-5)14-15-30-38(31)43(53)48(41(30)51)26-10-7-23(8-11-26)6-9-24-18-28(55-2)13-17-35(24)56-3/h6-14,16-21,30-32,38-39,50H,15,22H2,1-5H3/t30-,31+,32-,38-,39-,45+/m0/s1. The Hall–Kier alpha value is -6.14. The van der Waals surface area contributed by atoms with Crippen LogP contribution in [0.2, 0.25) is 5.02 Å². The summed E-state index contributed by atoms with van der Waals surface area (Å²) in [5.41, 5.74) is 1.98. The van der Waals surface area contributed by atoms with Crippen LogP contribution in [-0.4, -0.2) is 57.2 Å². The maximum Gasteiger partial charge on any atom is 0.241 e. The highest BCUT2D eigenvalue weighted by atomic mass is 35.5. The van der Waals surface area contributed by atoms with E-state index in [0.717, 1.165) is 27.7 Å². The minimum Gasteiger partial charge on any atom is -0.502 e. The molecule has 4 aromatic rings. The van der Waals surface area contributed by atoms with Gasteiger partial charge in [-0.3, -0.25) is 24.1 Å². The van der Waals surface area contributed by atoms with Crippen molar-refractivity contribution in [2.75, 3.05) is 38.2 Å². The minimum absolute atomic E-state index is 0.0871. The van der Waals surface area contributed by atoms with Crippen LogP contribution in [0.25, 0.3) is 12.2 Å². The molecule has 0 radical (unpaired) electrons. The van der Waals surface area contributed by atoms with Gasteiger partial charge in [0.05, 0.1) is 68.0 Å². The van der Waals surface area contributed by atoms with Crippen LogP contribution >= 0.6 is 11.6 Å². The lowest BCUT2D eigenvalue weighted by atomic mass is 9.51. The van der Waals surface area contributed by atoms with E-state index < -0.39 is 58.5 Å². The third-order valence-electron chi connectivity index (χ3n) is 12.3. The second-order valence-electron chi connectivity index (χ2n) is 15.1. The maximum absolute atomic E-state index is 14.8. The van der Waals surface area contributed by atoms with E-state index >= 15 is 0 Å². The molecule has 4 aromatic carbocycles. The number of carbonyl (C=O) groups excluding carboxylic acids is 4. The lowest BCUT2D eigenvalue weighted by molar-refractivity contribution is -0.131. The van der Waals surface area contributed by atoms with Crippen LogP contribution in [0.4, 0.5) is 15.8 Å². The van der Waals surface area contributed by atoms with E-state index in [4.69, 9.17) is 30.5 Å². The van der Waals surface area contributed by atoms with Gasteiger partial charge in [0.2, 0.25) is 29.4 Å². The third-order valence-corrected chi connectivity index (χ3v) is 12.6. The number of halogens is 2. The van der Waals surface area contributed by atoms with Crippen molar-refractivity contribution < 1.29 is 47.6 Å². The Labute approximate surface area is 339 Å². The smallest absolute Gasteiger partial charge is 0.241 e. The molecule has 6 atom stereocenters. The minimum atomic E-state index is -1.41. The molecule has 2 aliphatic carbocycles. The average Bonchev–Trinajstić information content (AvgIpc) is 3.60. The number of phenolic OH excluding ortho intramolecular Hbond substituents is 1. The molecule has 0 bridgehead atoms. The summed E-state index contributed by atoms with van der Waals surface area (Å²) in [5, 5.41) is 10.6. The van der Waals surface area contributed by atoms with Gasteiger partial charge in [0.1, 0.15) is 17.3 Å². The molecule has 4 aliphatic rings. The summed E-state index contributed by atoms with van der Waals surface area (Å²) in [6.45, 7) is 1.72. The summed E-state index contributed by atoms with van der Waals surface area (Å²) in [6, 6.07) is 19.4. The molecule has 58 heavy (non-hydrogen) atoms. The van der Waals surface area contributed by atoms with Crippen molar-refractivity contribution in [3.63, 3.8) is 0 Å². The van der Waals surface area contributed by atoms with Gasteiger partial charge < -0.3 is 24.1 Å². The van der Waals surface area contributed by atoms with Crippen LogP contribution in [0, 0.1) is 34.9 Å². The lowest BCUT2D eigenvalue weighted by Crippen LogP contribution is -2.48. The zero-order valence-corrected chi connectivity index (χ0v) is 33.1. The third kappa shape index (κ3) is 5.91. The molecule has 2 heterocycles. The van der Waals surface area contributed by atoms with E-state index in [1.54, 1.807) is 45.4 Å². The number of phenols is 1. The number of methoxy groups -OCH3 is 4. The number of hydrogen-bond donors (Lipinski definition) is 1. The van der Waals surface area contributed by atoms with E-state index in [1.807, 2.05) is 48.6 Å². The molecular formula is C45H40ClFN2O9. The SMILES string of the molecule is COc1ccc(OC)c(C=Cc2ccc(N3C(=O)[C@H]4[C@H](CC=C5[C@H]4C[C@H]4C(=O)N(c6ccc(F)c(Cl)c6)C(=O)[C@@]4(C)[C@H]5c4cc(OC)c(O)c(OC)c4)C3=O)cc2)c1. The van der Waals surface area contributed by atoms with Crippen LogP contribution in [0.3, 0.4) is 0 Å². The van der Waals surface area contributed by atoms with Crippen molar-refractivity contribution in [1.29, 1.82) is 0 Å². The van der Waals surface area contributed by atoms with Gasteiger partial charge in [-0.05, 0) is 97.5 Å². The highest BCUT2D eigenvalue weighted by molar-refractivity contribution is 6.32. The Morgan fingerprint density at radius 1 is 0.759 bits per heavy atom. The van der Waals surface area contributed by atoms with Crippen LogP contribution < -0.4 is 28.7 Å². The molecular weight excluding hydrogens is 767 g/mol. The topological polar surface area (TPSA) is 132 Å². The molecule has 298 valence electrons. The first-order chi connectivity index (χ1) is 27.9. The average molecular weight is 807 g/mol. The Kier molecular flexibility index (Phi) is 9.79. The molecule has 2 aliphatic heterocycles. The van der Waals surface area contributed by atoms with Crippen LogP contribution in [0.1, 0.15) is 42.4 Å². The summed E-state index contributed by atoms with van der Waals surface area (Å²) >= 11 is 6.14. The number of aromatic hydroxyl groups is 1. The Morgan fingerprint density at radius 3 is 2.07 bits per heavy atom. The fourth-order valence-corrected chi connectivity index (χ4v) is 9.67. The maximum atomic E-state index is 14.8. The summed E-state index contributed by atoms with van der Waals surface area (Å²) < 4.78 is 36.1. The molecule has 4 amide bonds. The number of amides is 4. The van der Waals surface area contributed by atoms with Gasteiger partial charge in [-0.1, -0.05) is 47.5 Å². The van der Waals surface area contributed by atoms with Crippen molar-refractivity contribution in [3.05, 3.63) is 112 Å². The molecule has 11 nitrogen and oxygen atoms in total. The summed E-state index contributed by atoms with van der Waals surface area (Å²) in [5.74, 6) is -5.12. The molecule has 13 heteroatoms. The van der Waals surface area contributed by atoms with Gasteiger partial charge >= 0.3 is 0 Å². The fraction of sp³-hybridized carbons (Fsp3) is 0.289. The van der Waals surface area contributed by atoms with Crippen molar-refractivity contribution in [3.8, 4) is 28.7 Å². The molecule has 1 N–H and O–H groups in total. The number of imide groups is 2. The number of ether oxygens (including phenoxy) is 4. The molecule has 1 saturated carbocycles. The van der Waals surface area contributed by atoms with Crippen LogP contribution in [0.5, 0.6) is 28.7 Å². The number of fused-ring (bicyclic) bond motifs is 4. The van der Waals surface area contributed by atoms with Gasteiger partial charge in [-0.15, -0.1) is 0 Å². The van der Waals surface area contributed by atoms with E-state index in [0.29, 0.717) is 22.7 Å². The number of anilines is 2. The highest BCUT2D eigenvalue weighted by Gasteiger charge is 2.67. The van der Waals surface area contributed by atoms with Gasteiger partial charge in [0.25, 0.3) is 0 Å². The molecule has 0 aromatic heterocycles. The number of nitrogens with zero attached hydrogens (tertiary/aromatic N) is 2. The fourth-order valence-electron chi connectivity index (χ4n) is 9.49. The largest absolute Gasteiger partial charge is 0.502 e. The lowest BCUT2D eigenvalue weighted by Gasteiger charge is -2.49. The van der Waals surface area contributed by atoms with Gasteiger partial charge in [0.15, 0.2) is 11.5 Å². The number of allylic oxidation sites excluding steroid dienone is 2. The molecule has 8 rings (SSSR count). The van der Waals surface area contributed by atoms with Crippen LogP contribution in [0.15, 0.2) is 84.4 Å². The Morgan fingerprint density at radius 2 is 1.43 bits per heavy atom. The van der Waals surface area contributed by atoms with E-state index in [1.165, 1.54) is 31.3 Å². The van der Waals surface area contributed by atoms with Crippen molar-refractivity contribution in [2.24, 2.45) is 29.1 Å². The number of hydrogen-bond acceptors (Lipinski definition) is 9. The first-order valence-electron chi connectivity index (χ1n) is 18.7. The molecule has 2 saturated heterocycles. The Balaban J connectivity index is 1.17. The monoisotopic (exact) mass is 806 g/mol. The molecule has 0 spiro atoms. The van der Waals surface area contributed by atoms with Gasteiger partial charge in [-0.2, -0.15) is 0 Å².